The maximum absolute atomic E-state index is 6.49. The molecule has 0 amide bonds. The molecule has 1 aliphatic carbocycles. The zero-order chi connectivity index (χ0) is 15.5. The summed E-state index contributed by atoms with van der Waals surface area (Å²) in [6, 6.07) is 8.50. The Morgan fingerprint density at radius 2 is 1.95 bits per heavy atom. The molecule has 0 radical (unpaired) electrons. The molecule has 0 aliphatic heterocycles. The van der Waals surface area contributed by atoms with Gasteiger partial charge in [-0.2, -0.15) is 0 Å². The van der Waals surface area contributed by atoms with Crippen molar-refractivity contribution in [3.05, 3.63) is 34.3 Å². The first-order valence-corrected chi connectivity index (χ1v) is 8.74. The highest BCUT2D eigenvalue weighted by molar-refractivity contribution is 9.10. The SMILES string of the molecule is CNCC(OC1CC(C)CC(C)(C)C1)c1ccc(Br)cc1. The van der Waals surface area contributed by atoms with E-state index in [1.165, 1.54) is 18.4 Å². The van der Waals surface area contributed by atoms with Gasteiger partial charge in [0.05, 0.1) is 12.2 Å². The Bertz CT molecular complexity index is 443. The fourth-order valence-corrected chi connectivity index (χ4v) is 3.97. The molecule has 3 heteroatoms. The lowest BCUT2D eigenvalue weighted by Crippen LogP contribution is -2.35. The minimum atomic E-state index is 0.134. The van der Waals surface area contributed by atoms with Crippen LogP contribution in [0, 0.1) is 11.3 Å². The van der Waals surface area contributed by atoms with Crippen LogP contribution in [0.15, 0.2) is 28.7 Å². The Hall–Kier alpha value is -0.380. The van der Waals surface area contributed by atoms with E-state index in [4.69, 9.17) is 4.74 Å². The van der Waals surface area contributed by atoms with Crippen LogP contribution in [-0.4, -0.2) is 19.7 Å². The second kappa shape index (κ2) is 7.26. The number of likely N-dealkylation sites (N-methyl/N-ethyl adjacent to an activating group) is 1. The number of halogens is 1. The molecule has 1 aromatic rings. The average Bonchev–Trinajstić information content (AvgIpc) is 2.36. The van der Waals surface area contributed by atoms with Crippen LogP contribution in [0.3, 0.4) is 0 Å². The zero-order valence-corrected chi connectivity index (χ0v) is 15.2. The van der Waals surface area contributed by atoms with Crippen molar-refractivity contribution in [3.8, 4) is 0 Å². The van der Waals surface area contributed by atoms with E-state index < -0.39 is 0 Å². The van der Waals surface area contributed by atoms with Crippen molar-refractivity contribution in [2.24, 2.45) is 11.3 Å². The van der Waals surface area contributed by atoms with Crippen molar-refractivity contribution in [1.82, 2.24) is 5.32 Å². The minimum Gasteiger partial charge on any atom is -0.369 e. The molecule has 1 aromatic carbocycles. The molecule has 0 aromatic heterocycles. The summed E-state index contributed by atoms with van der Waals surface area (Å²) in [6.45, 7) is 7.94. The maximum atomic E-state index is 6.49. The quantitative estimate of drug-likeness (QED) is 0.809. The maximum Gasteiger partial charge on any atom is 0.0952 e. The highest BCUT2D eigenvalue weighted by Crippen LogP contribution is 2.41. The van der Waals surface area contributed by atoms with E-state index in [1.54, 1.807) is 0 Å². The molecule has 1 fully saturated rings. The molecule has 0 saturated heterocycles. The van der Waals surface area contributed by atoms with Crippen LogP contribution < -0.4 is 5.32 Å². The zero-order valence-electron chi connectivity index (χ0n) is 13.7. The van der Waals surface area contributed by atoms with E-state index in [2.05, 4.69) is 66.3 Å². The Labute approximate surface area is 137 Å². The summed E-state index contributed by atoms with van der Waals surface area (Å²) in [4.78, 5) is 0. The van der Waals surface area contributed by atoms with Gasteiger partial charge in [0, 0.05) is 11.0 Å². The molecule has 0 bridgehead atoms. The normalized spacial score (nSPS) is 26.5. The highest BCUT2D eigenvalue weighted by Gasteiger charge is 2.33. The van der Waals surface area contributed by atoms with Crippen molar-refractivity contribution < 1.29 is 4.74 Å². The lowest BCUT2D eigenvalue weighted by atomic mass is 9.71. The molecule has 3 atom stereocenters. The van der Waals surface area contributed by atoms with E-state index >= 15 is 0 Å². The molecule has 1 saturated carbocycles. The van der Waals surface area contributed by atoms with Gasteiger partial charge in [-0.1, -0.05) is 48.8 Å². The van der Waals surface area contributed by atoms with E-state index in [-0.39, 0.29) is 6.10 Å². The molecule has 118 valence electrons. The number of hydrogen-bond donors (Lipinski definition) is 1. The third-order valence-electron chi connectivity index (χ3n) is 4.33. The Morgan fingerprint density at radius 3 is 2.52 bits per heavy atom. The molecule has 2 rings (SSSR count). The Kier molecular flexibility index (Phi) is 5.87. The van der Waals surface area contributed by atoms with Gasteiger partial charge >= 0.3 is 0 Å². The largest absolute Gasteiger partial charge is 0.369 e. The van der Waals surface area contributed by atoms with Gasteiger partial charge in [0.25, 0.3) is 0 Å². The van der Waals surface area contributed by atoms with Crippen LogP contribution in [0.4, 0.5) is 0 Å². The molecule has 21 heavy (non-hydrogen) atoms. The summed E-state index contributed by atoms with van der Waals surface area (Å²) in [7, 11) is 1.99. The molecular formula is C18H28BrNO. The van der Waals surface area contributed by atoms with Crippen molar-refractivity contribution in [2.75, 3.05) is 13.6 Å². The third-order valence-corrected chi connectivity index (χ3v) is 4.86. The summed E-state index contributed by atoms with van der Waals surface area (Å²) < 4.78 is 7.60. The summed E-state index contributed by atoms with van der Waals surface area (Å²) in [5.74, 6) is 0.749. The van der Waals surface area contributed by atoms with E-state index in [0.717, 1.165) is 23.4 Å². The molecule has 1 N–H and O–H groups in total. The van der Waals surface area contributed by atoms with Gasteiger partial charge < -0.3 is 10.1 Å². The van der Waals surface area contributed by atoms with Crippen LogP contribution in [0.2, 0.25) is 0 Å². The van der Waals surface area contributed by atoms with Gasteiger partial charge in [-0.05, 0) is 55.3 Å². The van der Waals surface area contributed by atoms with Crippen molar-refractivity contribution in [2.45, 2.75) is 52.2 Å². The van der Waals surface area contributed by atoms with Crippen molar-refractivity contribution >= 4 is 15.9 Å². The van der Waals surface area contributed by atoms with Crippen LogP contribution in [0.25, 0.3) is 0 Å². The lowest BCUT2D eigenvalue weighted by Gasteiger charge is -2.40. The first kappa shape index (κ1) is 17.0. The first-order valence-electron chi connectivity index (χ1n) is 7.95. The summed E-state index contributed by atoms with van der Waals surface area (Å²) in [5, 5.41) is 3.27. The topological polar surface area (TPSA) is 21.3 Å². The second-order valence-corrected chi connectivity index (χ2v) is 8.18. The van der Waals surface area contributed by atoms with Crippen LogP contribution in [-0.2, 0) is 4.74 Å². The number of rotatable bonds is 5. The molecule has 1 aliphatic rings. The predicted molar refractivity (Wildman–Crippen MR) is 92.5 cm³/mol. The van der Waals surface area contributed by atoms with Crippen molar-refractivity contribution in [3.63, 3.8) is 0 Å². The van der Waals surface area contributed by atoms with E-state index in [9.17, 15) is 0 Å². The van der Waals surface area contributed by atoms with Crippen molar-refractivity contribution in [1.29, 1.82) is 0 Å². The Balaban J connectivity index is 2.07. The monoisotopic (exact) mass is 353 g/mol. The standard InChI is InChI=1S/C18H28BrNO/c1-13-9-16(11-18(2,3)10-13)21-17(12-20-4)14-5-7-15(19)8-6-14/h5-8,13,16-17,20H,9-12H2,1-4H3. The van der Waals surface area contributed by atoms with E-state index in [1.807, 2.05) is 7.05 Å². The Morgan fingerprint density at radius 1 is 1.29 bits per heavy atom. The van der Waals surface area contributed by atoms with Gasteiger partial charge in [-0.15, -0.1) is 0 Å². The first-order chi connectivity index (χ1) is 9.89. The van der Waals surface area contributed by atoms with E-state index in [0.29, 0.717) is 11.5 Å². The second-order valence-electron chi connectivity index (χ2n) is 7.27. The number of ether oxygens (including phenoxy) is 1. The predicted octanol–water partition coefficient (Wildman–Crippen LogP) is 4.94. The van der Waals surface area contributed by atoms with Crippen LogP contribution in [0.5, 0.6) is 0 Å². The van der Waals surface area contributed by atoms with Gasteiger partial charge in [-0.3, -0.25) is 0 Å². The molecule has 3 unspecified atom stereocenters. The summed E-state index contributed by atoms with van der Waals surface area (Å²) in [6.07, 6.45) is 4.15. The van der Waals surface area contributed by atoms with Gasteiger partial charge in [0.2, 0.25) is 0 Å². The number of nitrogens with one attached hydrogen (secondary N) is 1. The number of hydrogen-bond acceptors (Lipinski definition) is 2. The van der Waals surface area contributed by atoms with Gasteiger partial charge in [0.15, 0.2) is 0 Å². The average molecular weight is 354 g/mol. The fourth-order valence-electron chi connectivity index (χ4n) is 3.70. The third kappa shape index (κ3) is 5.08. The fraction of sp³-hybridized carbons (Fsp3) is 0.667. The van der Waals surface area contributed by atoms with Crippen LogP contribution >= 0.6 is 15.9 Å². The number of benzene rings is 1. The summed E-state index contributed by atoms with van der Waals surface area (Å²) in [5.41, 5.74) is 1.65. The smallest absolute Gasteiger partial charge is 0.0952 e. The minimum absolute atomic E-state index is 0.134. The molecule has 0 heterocycles. The van der Waals surface area contributed by atoms with Gasteiger partial charge in [0.1, 0.15) is 0 Å². The molecule has 2 nitrogen and oxygen atoms in total. The highest BCUT2D eigenvalue weighted by atomic mass is 79.9. The lowest BCUT2D eigenvalue weighted by molar-refractivity contribution is -0.0656. The molecular weight excluding hydrogens is 326 g/mol. The summed E-state index contributed by atoms with van der Waals surface area (Å²) >= 11 is 3.50. The molecule has 0 spiro atoms. The van der Waals surface area contributed by atoms with Crippen LogP contribution in [0.1, 0.15) is 51.7 Å². The van der Waals surface area contributed by atoms with Gasteiger partial charge in [-0.25, -0.2) is 0 Å².